The lowest BCUT2D eigenvalue weighted by Crippen LogP contribution is -2.46. The highest BCUT2D eigenvalue weighted by atomic mass is 16.2. The fraction of sp³-hybridized carbons (Fsp3) is 0.294. The molecule has 0 unspecified atom stereocenters. The molecule has 3 rings (SSSR count). The van der Waals surface area contributed by atoms with Gasteiger partial charge in [-0.25, -0.2) is 4.98 Å². The highest BCUT2D eigenvalue weighted by Gasteiger charge is 2.25. The third-order valence-electron chi connectivity index (χ3n) is 3.93. The zero-order valence-corrected chi connectivity index (χ0v) is 12.7. The minimum atomic E-state index is -0.217. The molecule has 2 heterocycles. The SMILES string of the molecule is O=C(NC1CCN(C(=O)c2ccccc2)CC1)c1cnccn1. The number of aromatic nitrogens is 2. The fourth-order valence-electron chi connectivity index (χ4n) is 2.67. The van der Waals surface area contributed by atoms with Gasteiger partial charge >= 0.3 is 0 Å². The van der Waals surface area contributed by atoms with Crippen molar-refractivity contribution in [1.29, 1.82) is 0 Å². The Morgan fingerprint density at radius 3 is 2.48 bits per heavy atom. The highest BCUT2D eigenvalue weighted by molar-refractivity contribution is 5.94. The lowest BCUT2D eigenvalue weighted by molar-refractivity contribution is 0.0697. The zero-order valence-electron chi connectivity index (χ0n) is 12.7. The van der Waals surface area contributed by atoms with E-state index in [9.17, 15) is 9.59 Å². The van der Waals surface area contributed by atoms with Crippen LogP contribution >= 0.6 is 0 Å². The van der Waals surface area contributed by atoms with E-state index >= 15 is 0 Å². The Hall–Kier alpha value is -2.76. The zero-order chi connectivity index (χ0) is 16.1. The van der Waals surface area contributed by atoms with E-state index < -0.39 is 0 Å². The molecule has 1 aromatic heterocycles. The summed E-state index contributed by atoms with van der Waals surface area (Å²) in [4.78, 5) is 34.1. The summed E-state index contributed by atoms with van der Waals surface area (Å²) in [6.07, 6.45) is 5.96. The molecule has 0 saturated carbocycles. The first-order valence-corrected chi connectivity index (χ1v) is 7.65. The predicted molar refractivity (Wildman–Crippen MR) is 84.9 cm³/mol. The number of amides is 2. The summed E-state index contributed by atoms with van der Waals surface area (Å²) in [7, 11) is 0. The summed E-state index contributed by atoms with van der Waals surface area (Å²) >= 11 is 0. The van der Waals surface area contributed by atoms with Crippen LogP contribution in [0.1, 0.15) is 33.7 Å². The number of piperidine rings is 1. The van der Waals surface area contributed by atoms with E-state index in [0.717, 1.165) is 12.8 Å². The van der Waals surface area contributed by atoms with Crippen LogP contribution in [0.2, 0.25) is 0 Å². The van der Waals surface area contributed by atoms with E-state index in [1.165, 1.54) is 18.6 Å². The maximum absolute atomic E-state index is 12.4. The van der Waals surface area contributed by atoms with Crippen molar-refractivity contribution >= 4 is 11.8 Å². The summed E-state index contributed by atoms with van der Waals surface area (Å²) in [5.41, 5.74) is 1.02. The average molecular weight is 310 g/mol. The van der Waals surface area contributed by atoms with Gasteiger partial charge in [0.1, 0.15) is 5.69 Å². The molecule has 1 fully saturated rings. The van der Waals surface area contributed by atoms with Crippen molar-refractivity contribution in [3.63, 3.8) is 0 Å². The smallest absolute Gasteiger partial charge is 0.271 e. The molecule has 0 atom stereocenters. The van der Waals surface area contributed by atoms with Crippen LogP contribution in [0.25, 0.3) is 0 Å². The lowest BCUT2D eigenvalue weighted by Gasteiger charge is -2.32. The van der Waals surface area contributed by atoms with Crippen molar-refractivity contribution in [2.45, 2.75) is 18.9 Å². The number of nitrogens with one attached hydrogen (secondary N) is 1. The molecule has 0 bridgehead atoms. The Bertz CT molecular complexity index is 668. The highest BCUT2D eigenvalue weighted by Crippen LogP contribution is 2.14. The molecule has 1 aliphatic heterocycles. The second kappa shape index (κ2) is 7.00. The molecule has 6 nitrogen and oxygen atoms in total. The van der Waals surface area contributed by atoms with Gasteiger partial charge in [-0.3, -0.25) is 14.6 Å². The molecule has 1 saturated heterocycles. The van der Waals surface area contributed by atoms with E-state index in [1.807, 2.05) is 35.2 Å². The van der Waals surface area contributed by atoms with Crippen molar-refractivity contribution in [2.75, 3.05) is 13.1 Å². The van der Waals surface area contributed by atoms with E-state index in [-0.39, 0.29) is 17.9 Å². The average Bonchev–Trinajstić information content (AvgIpc) is 2.63. The summed E-state index contributed by atoms with van der Waals surface area (Å²) < 4.78 is 0. The van der Waals surface area contributed by atoms with Crippen LogP contribution in [0.3, 0.4) is 0 Å². The van der Waals surface area contributed by atoms with Crippen LogP contribution in [0.5, 0.6) is 0 Å². The van der Waals surface area contributed by atoms with Crippen LogP contribution in [0.15, 0.2) is 48.9 Å². The Morgan fingerprint density at radius 1 is 1.09 bits per heavy atom. The van der Waals surface area contributed by atoms with Crippen molar-refractivity contribution in [2.24, 2.45) is 0 Å². The molecule has 6 heteroatoms. The maximum Gasteiger partial charge on any atom is 0.271 e. The van der Waals surface area contributed by atoms with Gasteiger partial charge in [0, 0.05) is 37.1 Å². The number of carbonyl (C=O) groups is 2. The summed E-state index contributed by atoms with van der Waals surface area (Å²) in [6, 6.07) is 9.33. The summed E-state index contributed by atoms with van der Waals surface area (Å²) in [5.74, 6) is -0.171. The second-order valence-corrected chi connectivity index (χ2v) is 5.50. The number of hydrogen-bond donors (Lipinski definition) is 1. The van der Waals surface area contributed by atoms with E-state index in [0.29, 0.717) is 24.3 Å². The van der Waals surface area contributed by atoms with Crippen LogP contribution in [0.4, 0.5) is 0 Å². The molecule has 1 aliphatic rings. The molecule has 0 spiro atoms. The molecule has 118 valence electrons. The first-order valence-electron chi connectivity index (χ1n) is 7.65. The van der Waals surface area contributed by atoms with E-state index in [4.69, 9.17) is 0 Å². The molecule has 0 radical (unpaired) electrons. The van der Waals surface area contributed by atoms with Crippen molar-refractivity contribution < 1.29 is 9.59 Å². The van der Waals surface area contributed by atoms with Gasteiger partial charge in [0.25, 0.3) is 11.8 Å². The van der Waals surface area contributed by atoms with Gasteiger partial charge in [-0.2, -0.15) is 0 Å². The molecule has 2 amide bonds. The number of carbonyl (C=O) groups excluding carboxylic acids is 2. The Kier molecular flexibility index (Phi) is 4.61. The topological polar surface area (TPSA) is 75.2 Å². The molecule has 23 heavy (non-hydrogen) atoms. The Morgan fingerprint density at radius 2 is 1.83 bits per heavy atom. The molecule has 0 aliphatic carbocycles. The van der Waals surface area contributed by atoms with Crippen LogP contribution in [-0.2, 0) is 0 Å². The van der Waals surface area contributed by atoms with Crippen LogP contribution in [0, 0.1) is 0 Å². The van der Waals surface area contributed by atoms with Crippen LogP contribution < -0.4 is 5.32 Å². The first-order chi connectivity index (χ1) is 11.2. The van der Waals surface area contributed by atoms with Gasteiger partial charge in [0.05, 0.1) is 6.20 Å². The summed E-state index contributed by atoms with van der Waals surface area (Å²) in [5, 5.41) is 2.95. The molecule has 1 N–H and O–H groups in total. The predicted octanol–water partition coefficient (Wildman–Crippen LogP) is 1.51. The van der Waals surface area contributed by atoms with E-state index in [2.05, 4.69) is 15.3 Å². The monoisotopic (exact) mass is 310 g/mol. The Balaban J connectivity index is 1.53. The van der Waals surface area contributed by atoms with Gasteiger partial charge in [0.15, 0.2) is 0 Å². The number of nitrogens with zero attached hydrogens (tertiary/aromatic N) is 3. The third kappa shape index (κ3) is 3.71. The lowest BCUT2D eigenvalue weighted by atomic mass is 10.0. The van der Waals surface area contributed by atoms with Crippen molar-refractivity contribution in [3.8, 4) is 0 Å². The van der Waals surface area contributed by atoms with Gasteiger partial charge in [-0.15, -0.1) is 0 Å². The molecular weight excluding hydrogens is 292 g/mol. The second-order valence-electron chi connectivity index (χ2n) is 5.50. The van der Waals surface area contributed by atoms with Gasteiger partial charge < -0.3 is 10.2 Å². The number of benzene rings is 1. The molecule has 1 aromatic carbocycles. The first kappa shape index (κ1) is 15.1. The minimum Gasteiger partial charge on any atom is -0.348 e. The molecule has 2 aromatic rings. The maximum atomic E-state index is 12.4. The number of rotatable bonds is 3. The normalized spacial score (nSPS) is 15.2. The number of hydrogen-bond acceptors (Lipinski definition) is 4. The minimum absolute atomic E-state index is 0.0457. The quantitative estimate of drug-likeness (QED) is 0.932. The van der Waals surface area contributed by atoms with Crippen LogP contribution in [-0.4, -0.2) is 45.8 Å². The van der Waals surface area contributed by atoms with Gasteiger partial charge in [0.2, 0.25) is 0 Å². The third-order valence-corrected chi connectivity index (χ3v) is 3.93. The molecular formula is C17H18N4O2. The largest absolute Gasteiger partial charge is 0.348 e. The van der Waals surface area contributed by atoms with Crippen molar-refractivity contribution in [3.05, 3.63) is 60.2 Å². The van der Waals surface area contributed by atoms with Crippen molar-refractivity contribution in [1.82, 2.24) is 20.2 Å². The fourth-order valence-corrected chi connectivity index (χ4v) is 2.67. The van der Waals surface area contributed by atoms with E-state index in [1.54, 1.807) is 0 Å². The van der Waals surface area contributed by atoms with Gasteiger partial charge in [-0.05, 0) is 25.0 Å². The Labute approximate surface area is 134 Å². The summed E-state index contributed by atoms with van der Waals surface area (Å²) in [6.45, 7) is 1.28. The standard InChI is InChI=1S/C17H18N4O2/c22-16(15-12-18-8-9-19-15)20-14-6-10-21(11-7-14)17(23)13-4-2-1-3-5-13/h1-5,8-9,12,14H,6-7,10-11H2,(H,20,22). The number of likely N-dealkylation sites (tertiary alicyclic amines) is 1. The van der Waals surface area contributed by atoms with Gasteiger partial charge in [-0.1, -0.05) is 18.2 Å².